The highest BCUT2D eigenvalue weighted by Crippen LogP contribution is 2.36. The Balaban J connectivity index is 1.82. The summed E-state index contributed by atoms with van der Waals surface area (Å²) in [6, 6.07) is 8.48. The molecule has 3 aromatic rings. The first-order valence-corrected chi connectivity index (χ1v) is 13.6. The fourth-order valence-corrected chi connectivity index (χ4v) is 4.67. The van der Waals surface area contributed by atoms with Gasteiger partial charge in [0.25, 0.3) is 0 Å². The van der Waals surface area contributed by atoms with Crippen molar-refractivity contribution < 1.29 is 34.0 Å². The Morgan fingerprint density at radius 1 is 1.17 bits per heavy atom. The molecular formula is C28H38N6O7. The van der Waals surface area contributed by atoms with Gasteiger partial charge in [-0.3, -0.25) is 0 Å². The molecule has 0 aliphatic carbocycles. The van der Waals surface area contributed by atoms with E-state index in [1.807, 2.05) is 0 Å². The number of hydrogen-bond donors (Lipinski definition) is 3. The van der Waals surface area contributed by atoms with Crippen molar-refractivity contribution in [1.82, 2.24) is 19.5 Å². The lowest BCUT2D eigenvalue weighted by Gasteiger charge is -2.33. The molecule has 3 heterocycles. The first kappa shape index (κ1) is 29.9. The van der Waals surface area contributed by atoms with E-state index < -0.39 is 17.8 Å². The van der Waals surface area contributed by atoms with Gasteiger partial charge >= 0.3 is 12.2 Å². The quantitative estimate of drug-likeness (QED) is 0.306. The molecule has 2 aromatic heterocycles. The summed E-state index contributed by atoms with van der Waals surface area (Å²) < 4.78 is 18.1. The molecule has 0 spiro atoms. The number of hydrogen-bond acceptors (Lipinski definition) is 9. The number of carbonyl (C=O) groups excluding carboxylic acids is 1. The van der Waals surface area contributed by atoms with Crippen molar-refractivity contribution in [2.75, 3.05) is 50.2 Å². The van der Waals surface area contributed by atoms with Crippen molar-refractivity contribution in [3.63, 3.8) is 0 Å². The minimum absolute atomic E-state index is 0.146. The van der Waals surface area contributed by atoms with Crippen LogP contribution in [0.3, 0.4) is 0 Å². The number of nitrogens with zero attached hydrogens (tertiary/aromatic N) is 5. The molecule has 1 aliphatic rings. The van der Waals surface area contributed by atoms with Gasteiger partial charge in [0.2, 0.25) is 0 Å². The number of rotatable bonds is 10. The molecule has 13 nitrogen and oxygen atoms in total. The highest BCUT2D eigenvalue weighted by Gasteiger charge is 2.32. The normalized spacial score (nSPS) is 15.5. The maximum absolute atomic E-state index is 13.8. The molecule has 1 aromatic carbocycles. The van der Waals surface area contributed by atoms with Gasteiger partial charge in [-0.05, 0) is 57.9 Å². The van der Waals surface area contributed by atoms with E-state index in [0.29, 0.717) is 60.5 Å². The van der Waals surface area contributed by atoms with Crippen LogP contribution in [0.4, 0.5) is 26.9 Å². The fraction of sp³-hybridized carbons (Fsp3) is 0.500. The number of aliphatic hydroxyl groups excluding tert-OH is 1. The molecule has 41 heavy (non-hydrogen) atoms. The van der Waals surface area contributed by atoms with Gasteiger partial charge < -0.3 is 34.6 Å². The molecule has 0 bridgehead atoms. The summed E-state index contributed by atoms with van der Waals surface area (Å²) >= 11 is 0. The molecule has 1 fully saturated rings. The molecule has 4 rings (SSSR count). The van der Waals surface area contributed by atoms with Gasteiger partial charge in [-0.2, -0.15) is 9.61 Å². The van der Waals surface area contributed by atoms with Gasteiger partial charge in [0, 0.05) is 50.9 Å². The number of benzene rings is 1. The molecule has 1 unspecified atom stereocenters. The smallest absolute Gasteiger partial charge is 0.420 e. The van der Waals surface area contributed by atoms with Crippen LogP contribution in [0.15, 0.2) is 36.5 Å². The number of carbonyl (C=O) groups is 2. The predicted molar refractivity (Wildman–Crippen MR) is 152 cm³/mol. The third-order valence-electron chi connectivity index (χ3n) is 6.44. The first-order chi connectivity index (χ1) is 19.6. The molecule has 3 N–H and O–H groups in total. The largest absolute Gasteiger partial charge is 0.491 e. The van der Waals surface area contributed by atoms with Crippen LogP contribution in [0.5, 0.6) is 5.75 Å². The number of methoxy groups -OCH3 is 1. The minimum atomic E-state index is -0.974. The van der Waals surface area contributed by atoms with E-state index in [1.165, 1.54) is 14.3 Å². The number of ether oxygens (including phenoxy) is 3. The number of aliphatic hydroxyl groups is 1. The Hall–Kier alpha value is -4.10. The topological polar surface area (TPSA) is 151 Å². The fourth-order valence-electron chi connectivity index (χ4n) is 4.67. The van der Waals surface area contributed by atoms with E-state index in [2.05, 4.69) is 10.4 Å². The van der Waals surface area contributed by atoms with E-state index in [4.69, 9.17) is 19.2 Å². The molecule has 1 aliphatic heterocycles. The van der Waals surface area contributed by atoms with Crippen LogP contribution in [-0.2, 0) is 15.9 Å². The van der Waals surface area contributed by atoms with Crippen molar-refractivity contribution in [3.8, 4) is 5.75 Å². The number of nitrogens with one attached hydrogen (secondary N) is 1. The van der Waals surface area contributed by atoms with Crippen molar-refractivity contribution in [2.24, 2.45) is 0 Å². The van der Waals surface area contributed by atoms with Gasteiger partial charge in [-0.15, -0.1) is 0 Å². The molecule has 0 radical (unpaired) electrons. The van der Waals surface area contributed by atoms with Crippen LogP contribution < -0.4 is 15.0 Å². The van der Waals surface area contributed by atoms with Crippen molar-refractivity contribution in [3.05, 3.63) is 42.1 Å². The Morgan fingerprint density at radius 2 is 1.93 bits per heavy atom. The number of piperidine rings is 1. The van der Waals surface area contributed by atoms with Crippen LogP contribution in [0, 0.1) is 0 Å². The highest BCUT2D eigenvalue weighted by molar-refractivity contribution is 5.97. The van der Waals surface area contributed by atoms with Crippen LogP contribution in [0.1, 0.15) is 39.2 Å². The Kier molecular flexibility index (Phi) is 9.50. The van der Waals surface area contributed by atoms with Crippen molar-refractivity contribution in [1.29, 1.82) is 0 Å². The van der Waals surface area contributed by atoms with Crippen LogP contribution >= 0.6 is 0 Å². The standard InChI is InChI=1S/C28H38N6O7/c1-28(2,3)41-27(38)33(20-7-9-21(10-8-20)40-17-16-39-4)25-22(12-15-35)24(31-23-11-13-29-34(23)25)30-19-6-5-14-32(18-19)26(36)37/h7-11,13,19,35H,5-6,12,14-18H2,1-4H3,(H,30,31)(H,36,37). The van der Waals surface area contributed by atoms with Gasteiger partial charge in [-0.25, -0.2) is 19.5 Å². The third kappa shape index (κ3) is 7.35. The number of anilines is 3. The van der Waals surface area contributed by atoms with Crippen molar-refractivity contribution in [2.45, 2.75) is 51.7 Å². The number of aromatic nitrogens is 3. The number of fused-ring (bicyclic) bond motifs is 1. The summed E-state index contributed by atoms with van der Waals surface area (Å²) in [5, 5.41) is 27.5. The lowest BCUT2D eigenvalue weighted by Crippen LogP contribution is -2.44. The predicted octanol–water partition coefficient (Wildman–Crippen LogP) is 3.92. The van der Waals surface area contributed by atoms with Gasteiger partial charge in [-0.1, -0.05) is 0 Å². The Labute approximate surface area is 238 Å². The van der Waals surface area contributed by atoms with Crippen LogP contribution in [0.25, 0.3) is 5.65 Å². The molecule has 2 amide bonds. The van der Waals surface area contributed by atoms with Crippen LogP contribution in [-0.4, -0.2) is 93.6 Å². The second kappa shape index (κ2) is 13.0. The summed E-state index contributed by atoms with van der Waals surface area (Å²) in [5.41, 5.74) is 0.682. The molecule has 222 valence electrons. The number of amides is 2. The lowest BCUT2D eigenvalue weighted by atomic mass is 10.1. The summed E-state index contributed by atoms with van der Waals surface area (Å²) in [6.07, 6.45) is 1.54. The zero-order chi connectivity index (χ0) is 29.6. The van der Waals surface area contributed by atoms with Gasteiger partial charge in [0.15, 0.2) is 11.5 Å². The summed E-state index contributed by atoms with van der Waals surface area (Å²) in [7, 11) is 1.60. The van der Waals surface area contributed by atoms with Gasteiger partial charge in [0.05, 0.1) is 18.5 Å². The van der Waals surface area contributed by atoms with E-state index in [9.17, 15) is 19.8 Å². The summed E-state index contributed by atoms with van der Waals surface area (Å²) in [6.45, 7) is 6.69. The maximum atomic E-state index is 13.8. The minimum Gasteiger partial charge on any atom is -0.491 e. The lowest BCUT2D eigenvalue weighted by molar-refractivity contribution is 0.0597. The highest BCUT2D eigenvalue weighted by atomic mass is 16.6. The molecule has 13 heteroatoms. The average molecular weight is 571 g/mol. The number of carboxylic acid groups (broad SMARTS) is 1. The van der Waals surface area contributed by atoms with Crippen molar-refractivity contribution >= 4 is 35.2 Å². The third-order valence-corrected chi connectivity index (χ3v) is 6.44. The monoisotopic (exact) mass is 570 g/mol. The SMILES string of the molecule is COCCOc1ccc(N(C(=O)OC(C)(C)C)c2c(CCO)c(NC3CCCN(C(=O)O)C3)nc3ccnn23)cc1. The van der Waals surface area contributed by atoms with E-state index in [-0.39, 0.29) is 25.6 Å². The Bertz CT molecular complexity index is 1340. The maximum Gasteiger partial charge on any atom is 0.420 e. The Morgan fingerprint density at radius 3 is 2.59 bits per heavy atom. The average Bonchev–Trinajstić information content (AvgIpc) is 3.39. The second-order valence-corrected chi connectivity index (χ2v) is 10.7. The number of likely N-dealkylation sites (tertiary alicyclic amines) is 1. The van der Waals surface area contributed by atoms with Crippen LogP contribution in [0.2, 0.25) is 0 Å². The van der Waals surface area contributed by atoms with Gasteiger partial charge in [0.1, 0.15) is 23.8 Å². The van der Waals surface area contributed by atoms with E-state index >= 15 is 0 Å². The first-order valence-electron chi connectivity index (χ1n) is 13.6. The second-order valence-electron chi connectivity index (χ2n) is 10.7. The van der Waals surface area contributed by atoms with E-state index in [0.717, 1.165) is 6.42 Å². The molecule has 1 atom stereocenters. The summed E-state index contributed by atoms with van der Waals surface area (Å²) in [5.74, 6) is 1.39. The zero-order valence-electron chi connectivity index (χ0n) is 23.9. The molecule has 1 saturated heterocycles. The zero-order valence-corrected chi connectivity index (χ0v) is 23.9. The molecular weight excluding hydrogens is 532 g/mol. The summed E-state index contributed by atoms with van der Waals surface area (Å²) in [4.78, 5) is 33.0. The molecule has 0 saturated carbocycles. The van der Waals surface area contributed by atoms with E-state index in [1.54, 1.807) is 64.4 Å².